The Hall–Kier alpha value is -4.73. The van der Waals surface area contributed by atoms with Gasteiger partial charge in [0.15, 0.2) is 0 Å². The second-order valence-electron chi connectivity index (χ2n) is 7.07. The summed E-state index contributed by atoms with van der Waals surface area (Å²) >= 11 is 0. The molecule has 0 unspecified atom stereocenters. The van der Waals surface area contributed by atoms with Crippen molar-refractivity contribution in [2.75, 3.05) is 17.7 Å². The maximum absolute atomic E-state index is 14.6. The Morgan fingerprint density at radius 2 is 1.71 bits per heavy atom. The van der Waals surface area contributed by atoms with Gasteiger partial charge >= 0.3 is 6.03 Å². The molecular formula is C24H18F2N4O4. The van der Waals surface area contributed by atoms with Crippen LogP contribution in [0.25, 0.3) is 10.9 Å². The first kappa shape index (κ1) is 22.5. The molecule has 0 saturated carbocycles. The van der Waals surface area contributed by atoms with Crippen LogP contribution in [-0.4, -0.2) is 24.0 Å². The average molecular weight is 464 g/mol. The number of fused-ring (bicyclic) bond motifs is 1. The number of aromatic nitrogens is 1. The number of primary amides is 1. The Morgan fingerprint density at radius 1 is 0.941 bits per heavy atom. The lowest BCUT2D eigenvalue weighted by Crippen LogP contribution is -2.20. The fourth-order valence-electron chi connectivity index (χ4n) is 3.20. The largest absolute Gasteiger partial charge is 0.496 e. The molecule has 4 aromatic rings. The lowest BCUT2D eigenvalue weighted by molar-refractivity contribution is 0.0997. The lowest BCUT2D eigenvalue weighted by atomic mass is 10.1. The SMILES string of the molecule is COc1cc2nccc(Oc3ccc(NC(=O)Nc4ccc(F)cc4)c(F)c3)c2cc1C(N)=O. The molecule has 3 aromatic carbocycles. The summed E-state index contributed by atoms with van der Waals surface area (Å²) in [7, 11) is 1.41. The third-order valence-electron chi connectivity index (χ3n) is 4.81. The summed E-state index contributed by atoms with van der Waals surface area (Å²) in [6, 6.07) is 12.9. The van der Waals surface area contributed by atoms with E-state index < -0.39 is 23.6 Å². The maximum Gasteiger partial charge on any atom is 0.323 e. The predicted molar refractivity (Wildman–Crippen MR) is 122 cm³/mol. The molecule has 4 rings (SSSR count). The van der Waals surface area contributed by atoms with Crippen molar-refractivity contribution in [3.05, 3.63) is 84.1 Å². The average Bonchev–Trinajstić information content (AvgIpc) is 2.81. The van der Waals surface area contributed by atoms with Gasteiger partial charge in [0.05, 0.1) is 23.9 Å². The summed E-state index contributed by atoms with van der Waals surface area (Å²) in [6.07, 6.45) is 1.49. The highest BCUT2D eigenvalue weighted by molar-refractivity contribution is 6.01. The Bertz CT molecular complexity index is 1390. The Morgan fingerprint density at radius 3 is 2.38 bits per heavy atom. The summed E-state index contributed by atoms with van der Waals surface area (Å²) in [5, 5.41) is 5.32. The molecule has 0 aliphatic rings. The number of nitrogens with one attached hydrogen (secondary N) is 2. The van der Waals surface area contributed by atoms with Crippen LogP contribution >= 0.6 is 0 Å². The number of nitrogens with zero attached hydrogens (tertiary/aromatic N) is 1. The Kier molecular flexibility index (Phi) is 6.22. The monoisotopic (exact) mass is 464 g/mol. The fourth-order valence-corrected chi connectivity index (χ4v) is 3.20. The number of hydrogen-bond acceptors (Lipinski definition) is 5. The van der Waals surface area contributed by atoms with Gasteiger partial charge in [-0.05, 0) is 48.5 Å². The third-order valence-corrected chi connectivity index (χ3v) is 4.81. The van der Waals surface area contributed by atoms with E-state index in [1.165, 1.54) is 55.8 Å². The zero-order valence-electron chi connectivity index (χ0n) is 17.8. The Balaban J connectivity index is 1.54. The van der Waals surface area contributed by atoms with E-state index in [1.54, 1.807) is 12.1 Å². The van der Waals surface area contributed by atoms with Crippen molar-refractivity contribution in [1.82, 2.24) is 4.98 Å². The molecule has 4 N–H and O–H groups in total. The molecule has 0 aliphatic heterocycles. The highest BCUT2D eigenvalue weighted by Gasteiger charge is 2.15. The normalized spacial score (nSPS) is 10.6. The fraction of sp³-hybridized carbons (Fsp3) is 0.0417. The van der Waals surface area contributed by atoms with Gasteiger partial charge in [0.2, 0.25) is 0 Å². The van der Waals surface area contributed by atoms with E-state index in [0.29, 0.717) is 22.3 Å². The lowest BCUT2D eigenvalue weighted by Gasteiger charge is -2.13. The molecule has 34 heavy (non-hydrogen) atoms. The summed E-state index contributed by atoms with van der Waals surface area (Å²) in [4.78, 5) is 28.1. The quantitative estimate of drug-likeness (QED) is 0.369. The number of amides is 3. The predicted octanol–water partition coefficient (Wildman–Crippen LogP) is 5.06. The number of anilines is 2. The molecule has 0 radical (unpaired) electrons. The van der Waals surface area contributed by atoms with Gasteiger partial charge in [-0.1, -0.05) is 0 Å². The molecule has 0 fully saturated rings. The number of rotatable bonds is 6. The van der Waals surface area contributed by atoms with Crippen molar-refractivity contribution in [2.24, 2.45) is 5.73 Å². The number of halogens is 2. The van der Waals surface area contributed by atoms with Crippen molar-refractivity contribution in [1.29, 1.82) is 0 Å². The number of benzene rings is 3. The number of carbonyl (C=O) groups excluding carboxylic acids is 2. The van der Waals surface area contributed by atoms with E-state index in [2.05, 4.69) is 15.6 Å². The number of ether oxygens (including phenoxy) is 2. The van der Waals surface area contributed by atoms with E-state index in [9.17, 15) is 18.4 Å². The molecule has 3 amide bonds. The zero-order chi connectivity index (χ0) is 24.2. The molecule has 8 nitrogen and oxygen atoms in total. The van der Waals surface area contributed by atoms with Crippen LogP contribution in [0.3, 0.4) is 0 Å². The van der Waals surface area contributed by atoms with Crippen molar-refractivity contribution >= 4 is 34.2 Å². The van der Waals surface area contributed by atoms with Crippen molar-refractivity contribution < 1.29 is 27.8 Å². The molecule has 0 saturated heterocycles. The molecule has 10 heteroatoms. The molecule has 172 valence electrons. The number of methoxy groups -OCH3 is 1. The number of nitrogens with two attached hydrogens (primary N) is 1. The van der Waals surface area contributed by atoms with Crippen molar-refractivity contribution in [2.45, 2.75) is 0 Å². The second-order valence-corrected chi connectivity index (χ2v) is 7.07. The van der Waals surface area contributed by atoms with E-state index in [1.807, 2.05) is 0 Å². The van der Waals surface area contributed by atoms with Gasteiger partial charge in [0.1, 0.15) is 28.9 Å². The standard InChI is InChI=1S/C24H18F2N4O4/c1-33-22-12-20-16(11-17(22)23(27)31)21(8-9-28-20)34-15-6-7-19(18(26)10-15)30-24(32)29-14-4-2-13(25)3-5-14/h2-12H,1H3,(H2,27,31)(H2,29,30,32). The minimum Gasteiger partial charge on any atom is -0.496 e. The molecule has 0 bridgehead atoms. The van der Waals surface area contributed by atoms with Gasteiger partial charge in [-0.25, -0.2) is 13.6 Å². The Labute approximate surface area is 192 Å². The third kappa shape index (κ3) is 4.85. The molecular weight excluding hydrogens is 446 g/mol. The second kappa shape index (κ2) is 9.41. The summed E-state index contributed by atoms with van der Waals surface area (Å²) in [5.41, 5.74) is 6.31. The minimum atomic E-state index is -0.746. The first-order valence-corrected chi connectivity index (χ1v) is 9.91. The minimum absolute atomic E-state index is 0.0905. The zero-order valence-corrected chi connectivity index (χ0v) is 17.8. The van der Waals surface area contributed by atoms with E-state index in [-0.39, 0.29) is 22.7 Å². The molecule has 0 spiro atoms. The van der Waals surface area contributed by atoms with Crippen LogP contribution in [0.2, 0.25) is 0 Å². The van der Waals surface area contributed by atoms with Crippen molar-refractivity contribution in [3.8, 4) is 17.2 Å². The topological polar surface area (TPSA) is 116 Å². The van der Waals surface area contributed by atoms with Crippen LogP contribution in [0.1, 0.15) is 10.4 Å². The van der Waals surface area contributed by atoms with Crippen LogP contribution in [-0.2, 0) is 0 Å². The first-order valence-electron chi connectivity index (χ1n) is 9.91. The van der Waals surface area contributed by atoms with E-state index >= 15 is 0 Å². The van der Waals surface area contributed by atoms with Crippen LogP contribution in [0.15, 0.2) is 66.9 Å². The molecule has 0 aliphatic carbocycles. The van der Waals surface area contributed by atoms with Gasteiger partial charge < -0.3 is 25.8 Å². The van der Waals surface area contributed by atoms with Crippen LogP contribution in [0.5, 0.6) is 17.2 Å². The highest BCUT2D eigenvalue weighted by Crippen LogP contribution is 2.34. The van der Waals surface area contributed by atoms with Gasteiger partial charge in [0.25, 0.3) is 5.91 Å². The highest BCUT2D eigenvalue weighted by atomic mass is 19.1. The summed E-state index contributed by atoms with van der Waals surface area (Å²) in [5.74, 6) is -1.15. The maximum atomic E-state index is 14.6. The van der Waals surface area contributed by atoms with Gasteiger partial charge in [-0.15, -0.1) is 0 Å². The van der Waals surface area contributed by atoms with Crippen molar-refractivity contribution in [3.63, 3.8) is 0 Å². The van der Waals surface area contributed by atoms with Crippen LogP contribution < -0.4 is 25.8 Å². The number of hydrogen-bond donors (Lipinski definition) is 3. The van der Waals surface area contributed by atoms with E-state index in [4.69, 9.17) is 15.2 Å². The molecule has 1 heterocycles. The summed E-state index contributed by atoms with van der Waals surface area (Å²) < 4.78 is 38.6. The molecule has 0 atom stereocenters. The number of urea groups is 1. The number of pyridine rings is 1. The summed E-state index contributed by atoms with van der Waals surface area (Å²) in [6.45, 7) is 0. The van der Waals surface area contributed by atoms with Crippen LogP contribution in [0.4, 0.5) is 25.0 Å². The molecule has 1 aromatic heterocycles. The van der Waals surface area contributed by atoms with E-state index in [0.717, 1.165) is 6.07 Å². The van der Waals surface area contributed by atoms with Crippen LogP contribution in [0, 0.1) is 11.6 Å². The smallest absolute Gasteiger partial charge is 0.323 e. The van der Waals surface area contributed by atoms with Gasteiger partial charge in [-0.2, -0.15) is 0 Å². The number of carbonyl (C=O) groups is 2. The first-order chi connectivity index (χ1) is 16.3. The van der Waals surface area contributed by atoms with Gasteiger partial charge in [0, 0.05) is 29.4 Å². The van der Waals surface area contributed by atoms with Gasteiger partial charge in [-0.3, -0.25) is 9.78 Å².